The maximum Gasteiger partial charge on any atom is 0.267 e. The number of amides is 2. The number of nitrogens with zero attached hydrogens (tertiary/aromatic N) is 1. The quantitative estimate of drug-likeness (QED) is 0.519. The fraction of sp³-hybridized carbons (Fsp3) is 0.577. The third kappa shape index (κ3) is 5.11. The van der Waals surface area contributed by atoms with Gasteiger partial charge in [0.2, 0.25) is 5.91 Å². The minimum Gasteiger partial charge on any atom is -0.394 e. The SMILES string of the molecule is CN=C1C(=C(N)C(=O)NCc2ccc(Cl)cc2)CCC(CCC[C@@H]2CCC(=O)N2)C12CCC2. The maximum absolute atomic E-state index is 12.9. The van der Waals surface area contributed by atoms with Crippen LogP contribution in [0.1, 0.15) is 69.8 Å². The van der Waals surface area contributed by atoms with Crippen molar-refractivity contribution in [2.24, 2.45) is 22.1 Å². The number of carbonyl (C=O) groups is 2. The zero-order valence-corrected chi connectivity index (χ0v) is 20.2. The molecule has 1 aromatic carbocycles. The van der Waals surface area contributed by atoms with Crippen molar-refractivity contribution >= 4 is 29.1 Å². The van der Waals surface area contributed by atoms with Crippen LogP contribution in [-0.4, -0.2) is 30.6 Å². The molecule has 2 atom stereocenters. The third-order valence-corrected chi connectivity index (χ3v) is 8.13. The first-order valence-corrected chi connectivity index (χ1v) is 12.6. The van der Waals surface area contributed by atoms with Crippen LogP contribution in [0.4, 0.5) is 0 Å². The Balaban J connectivity index is 1.41. The van der Waals surface area contributed by atoms with Crippen molar-refractivity contribution in [1.29, 1.82) is 0 Å². The number of nitrogens with one attached hydrogen (secondary N) is 2. The van der Waals surface area contributed by atoms with Gasteiger partial charge in [-0.15, -0.1) is 0 Å². The van der Waals surface area contributed by atoms with Crippen molar-refractivity contribution < 1.29 is 9.59 Å². The molecule has 33 heavy (non-hydrogen) atoms. The molecule has 0 radical (unpaired) electrons. The largest absolute Gasteiger partial charge is 0.394 e. The number of aliphatic imine (C=N–C) groups is 1. The molecule has 1 spiro atoms. The topological polar surface area (TPSA) is 96.6 Å². The van der Waals surface area contributed by atoms with E-state index in [4.69, 9.17) is 22.3 Å². The highest BCUT2D eigenvalue weighted by Gasteiger charge is 2.51. The Hall–Kier alpha value is -2.34. The van der Waals surface area contributed by atoms with Crippen LogP contribution >= 0.6 is 11.6 Å². The van der Waals surface area contributed by atoms with Gasteiger partial charge in [-0.2, -0.15) is 0 Å². The minimum absolute atomic E-state index is 0.0579. The lowest BCUT2D eigenvalue weighted by molar-refractivity contribution is -0.119. The van der Waals surface area contributed by atoms with Crippen molar-refractivity contribution in [2.75, 3.05) is 7.05 Å². The van der Waals surface area contributed by atoms with Crippen LogP contribution in [0.5, 0.6) is 0 Å². The number of rotatable bonds is 7. The summed E-state index contributed by atoms with van der Waals surface area (Å²) >= 11 is 5.94. The van der Waals surface area contributed by atoms with Gasteiger partial charge in [0.25, 0.3) is 5.91 Å². The molecule has 0 bridgehead atoms. The van der Waals surface area contributed by atoms with E-state index in [2.05, 4.69) is 10.6 Å². The molecule has 1 unspecified atom stereocenters. The smallest absolute Gasteiger partial charge is 0.267 e. The first kappa shape index (κ1) is 23.8. The van der Waals surface area contributed by atoms with Gasteiger partial charge in [-0.3, -0.25) is 14.6 Å². The van der Waals surface area contributed by atoms with Crippen LogP contribution in [0.15, 0.2) is 40.5 Å². The lowest BCUT2D eigenvalue weighted by Crippen LogP contribution is -2.49. The van der Waals surface area contributed by atoms with Gasteiger partial charge in [-0.25, -0.2) is 0 Å². The second kappa shape index (κ2) is 10.3. The van der Waals surface area contributed by atoms with Gasteiger partial charge in [0.05, 0.1) is 0 Å². The summed E-state index contributed by atoms with van der Waals surface area (Å²) in [6, 6.07) is 7.77. The third-order valence-electron chi connectivity index (χ3n) is 7.88. The zero-order valence-electron chi connectivity index (χ0n) is 19.5. The van der Waals surface area contributed by atoms with Crippen LogP contribution in [0.25, 0.3) is 0 Å². The summed E-state index contributed by atoms with van der Waals surface area (Å²) < 4.78 is 0. The van der Waals surface area contributed by atoms with Crippen molar-refractivity contribution in [1.82, 2.24) is 10.6 Å². The van der Waals surface area contributed by atoms with Gasteiger partial charge < -0.3 is 16.4 Å². The van der Waals surface area contributed by atoms with E-state index in [1.54, 1.807) is 0 Å². The maximum atomic E-state index is 12.9. The molecule has 2 saturated carbocycles. The molecule has 0 aromatic heterocycles. The van der Waals surface area contributed by atoms with E-state index in [1.165, 1.54) is 6.42 Å². The molecule has 2 aliphatic carbocycles. The highest BCUT2D eigenvalue weighted by molar-refractivity contribution is 6.30. The number of halogens is 1. The predicted molar refractivity (Wildman–Crippen MR) is 132 cm³/mol. The summed E-state index contributed by atoms with van der Waals surface area (Å²) in [5.41, 5.74) is 9.75. The molecule has 1 saturated heterocycles. The van der Waals surface area contributed by atoms with E-state index in [0.717, 1.165) is 68.2 Å². The van der Waals surface area contributed by atoms with Crippen LogP contribution in [-0.2, 0) is 16.1 Å². The second-order valence-corrected chi connectivity index (χ2v) is 10.2. The number of nitrogens with two attached hydrogens (primary N) is 1. The summed E-state index contributed by atoms with van der Waals surface area (Å²) in [4.78, 5) is 29.1. The van der Waals surface area contributed by atoms with Gasteiger partial charge in [0, 0.05) is 47.8 Å². The van der Waals surface area contributed by atoms with Crippen LogP contribution in [0.2, 0.25) is 5.02 Å². The Morgan fingerprint density at radius 3 is 2.58 bits per heavy atom. The first-order chi connectivity index (χ1) is 15.9. The Bertz CT molecular complexity index is 950. The van der Waals surface area contributed by atoms with E-state index in [1.807, 2.05) is 31.3 Å². The van der Waals surface area contributed by atoms with Gasteiger partial charge in [-0.1, -0.05) is 36.6 Å². The Kier molecular flexibility index (Phi) is 7.42. The summed E-state index contributed by atoms with van der Waals surface area (Å²) in [6.45, 7) is 0.411. The molecule has 1 aromatic rings. The number of hydrogen-bond donors (Lipinski definition) is 3. The molecule has 1 aliphatic heterocycles. The first-order valence-electron chi connectivity index (χ1n) is 12.2. The van der Waals surface area contributed by atoms with Gasteiger partial charge >= 0.3 is 0 Å². The number of carbonyl (C=O) groups excluding carboxylic acids is 2. The van der Waals surface area contributed by atoms with Crippen LogP contribution in [0.3, 0.4) is 0 Å². The highest BCUT2D eigenvalue weighted by atomic mass is 35.5. The number of benzene rings is 1. The fourth-order valence-corrected chi connectivity index (χ4v) is 6.10. The molecule has 2 amide bonds. The molecule has 6 nitrogen and oxygen atoms in total. The normalized spacial score (nSPS) is 26.7. The lowest BCUT2D eigenvalue weighted by Gasteiger charge is -2.52. The molecule has 4 rings (SSSR count). The number of allylic oxidation sites excluding steroid dienone is 1. The van der Waals surface area contributed by atoms with E-state index < -0.39 is 0 Å². The van der Waals surface area contributed by atoms with Crippen molar-refractivity contribution in [3.05, 3.63) is 46.1 Å². The van der Waals surface area contributed by atoms with Crippen LogP contribution < -0.4 is 16.4 Å². The summed E-state index contributed by atoms with van der Waals surface area (Å²) in [5, 5.41) is 6.71. The molecule has 178 valence electrons. The predicted octanol–water partition coefficient (Wildman–Crippen LogP) is 4.27. The van der Waals surface area contributed by atoms with Crippen molar-refractivity contribution in [3.8, 4) is 0 Å². The van der Waals surface area contributed by atoms with Gasteiger partial charge in [0.1, 0.15) is 5.70 Å². The van der Waals surface area contributed by atoms with E-state index in [-0.39, 0.29) is 17.2 Å². The Labute approximate surface area is 201 Å². The molecule has 1 heterocycles. The fourth-order valence-electron chi connectivity index (χ4n) is 5.97. The summed E-state index contributed by atoms with van der Waals surface area (Å²) in [5.74, 6) is 0.523. The summed E-state index contributed by atoms with van der Waals surface area (Å²) in [7, 11) is 1.84. The van der Waals surface area contributed by atoms with E-state index >= 15 is 0 Å². The second-order valence-electron chi connectivity index (χ2n) is 9.75. The lowest BCUT2D eigenvalue weighted by atomic mass is 9.52. The monoisotopic (exact) mass is 470 g/mol. The van der Waals surface area contributed by atoms with Gasteiger partial charge in [-0.05, 0) is 68.6 Å². The average Bonchev–Trinajstić information content (AvgIpc) is 3.21. The Morgan fingerprint density at radius 1 is 1.21 bits per heavy atom. The molecule has 7 heteroatoms. The van der Waals surface area contributed by atoms with Gasteiger partial charge in [0.15, 0.2) is 0 Å². The number of hydrogen-bond acceptors (Lipinski definition) is 4. The highest BCUT2D eigenvalue weighted by Crippen LogP contribution is 2.56. The average molecular weight is 471 g/mol. The minimum atomic E-state index is -0.231. The molecule has 3 aliphatic rings. The van der Waals surface area contributed by atoms with E-state index in [0.29, 0.717) is 35.6 Å². The molecule has 4 N–H and O–H groups in total. The standard InChI is InChI=1S/C26H35ClN4O2/c1-29-24-21(23(28)25(33)30-16-17-6-9-19(27)10-7-17)12-8-18(26(24)14-3-15-26)4-2-5-20-11-13-22(32)31-20/h6-7,9-10,18,20H,2-5,8,11-16,28H2,1H3,(H,30,33)(H,31,32)/t18?,20-/m1/s1. The Morgan fingerprint density at radius 2 is 1.97 bits per heavy atom. The summed E-state index contributed by atoms with van der Waals surface area (Å²) in [6.07, 6.45) is 10.2. The van der Waals surface area contributed by atoms with E-state index in [9.17, 15) is 9.59 Å². The molecular formula is C26H35ClN4O2. The zero-order chi connectivity index (χ0) is 23.4. The van der Waals surface area contributed by atoms with Crippen molar-refractivity contribution in [3.63, 3.8) is 0 Å². The van der Waals surface area contributed by atoms with Crippen molar-refractivity contribution in [2.45, 2.75) is 76.8 Å². The van der Waals surface area contributed by atoms with Crippen LogP contribution in [0, 0.1) is 11.3 Å². The molecule has 3 fully saturated rings. The molecular weight excluding hydrogens is 436 g/mol.